The second-order valence-electron chi connectivity index (χ2n) is 6.87. The highest BCUT2D eigenvalue weighted by molar-refractivity contribution is 5.92. The van der Waals surface area contributed by atoms with Crippen LogP contribution in [0.5, 0.6) is 0 Å². The Morgan fingerprint density at radius 3 is 2.92 bits per heavy atom. The van der Waals surface area contributed by atoms with Gasteiger partial charge in [-0.3, -0.25) is 9.48 Å². The summed E-state index contributed by atoms with van der Waals surface area (Å²) < 4.78 is 7.64. The van der Waals surface area contributed by atoms with Crippen molar-refractivity contribution in [3.63, 3.8) is 0 Å². The summed E-state index contributed by atoms with van der Waals surface area (Å²) in [7, 11) is 0. The lowest BCUT2D eigenvalue weighted by Crippen LogP contribution is -2.37. The van der Waals surface area contributed by atoms with Gasteiger partial charge in [-0.25, -0.2) is 4.98 Å². The van der Waals surface area contributed by atoms with Gasteiger partial charge in [0.25, 0.3) is 5.91 Å². The molecule has 0 fully saturated rings. The molecule has 0 aliphatic carbocycles. The summed E-state index contributed by atoms with van der Waals surface area (Å²) in [6.07, 6.45) is 2.66. The van der Waals surface area contributed by atoms with Gasteiger partial charge >= 0.3 is 0 Å². The number of nitrogens with zero attached hydrogens (tertiary/aromatic N) is 4. The van der Waals surface area contributed by atoms with Crippen molar-refractivity contribution in [3.8, 4) is 0 Å². The normalized spacial score (nSPS) is 14.3. The van der Waals surface area contributed by atoms with E-state index in [0.717, 1.165) is 42.3 Å². The van der Waals surface area contributed by atoms with E-state index in [0.29, 0.717) is 31.2 Å². The first-order valence-electron chi connectivity index (χ1n) is 8.79. The third kappa shape index (κ3) is 3.37. The van der Waals surface area contributed by atoms with Gasteiger partial charge in [-0.2, -0.15) is 5.10 Å². The Labute approximate surface area is 142 Å². The minimum Gasteiger partial charge on any atom is -0.445 e. The summed E-state index contributed by atoms with van der Waals surface area (Å²) in [5.41, 5.74) is 2.44. The molecule has 6 nitrogen and oxygen atoms in total. The van der Waals surface area contributed by atoms with Crippen molar-refractivity contribution >= 4 is 5.91 Å². The number of amides is 1. The number of oxazole rings is 1. The molecule has 130 valence electrons. The topological polar surface area (TPSA) is 64.2 Å². The van der Waals surface area contributed by atoms with Gasteiger partial charge in [-0.15, -0.1) is 0 Å². The summed E-state index contributed by atoms with van der Waals surface area (Å²) in [5.74, 6) is 2.40. The standard InChI is InChI=1S/C18H26N4O2/c1-5-22-15(10-13(4)20-22)18(23)21-9-8-16-14(11-21)19-17(24-16)7-6-12(2)3/h10,12H,5-9,11H2,1-4H3. The van der Waals surface area contributed by atoms with Crippen molar-refractivity contribution in [2.45, 2.75) is 60.0 Å². The highest BCUT2D eigenvalue weighted by Gasteiger charge is 2.28. The first kappa shape index (κ1) is 16.7. The van der Waals surface area contributed by atoms with Crippen LogP contribution >= 0.6 is 0 Å². The van der Waals surface area contributed by atoms with Crippen LogP contribution in [0.15, 0.2) is 10.5 Å². The van der Waals surface area contributed by atoms with E-state index >= 15 is 0 Å². The Hall–Kier alpha value is -2.11. The lowest BCUT2D eigenvalue weighted by molar-refractivity contribution is 0.0715. The SMILES string of the molecule is CCn1nc(C)cc1C(=O)N1CCc2oc(CCC(C)C)nc2C1. The molecular formula is C18H26N4O2. The van der Waals surface area contributed by atoms with Gasteiger partial charge in [0.15, 0.2) is 5.89 Å². The fourth-order valence-corrected chi connectivity index (χ4v) is 3.07. The van der Waals surface area contributed by atoms with Gasteiger partial charge in [0.1, 0.15) is 17.1 Å². The molecule has 3 rings (SSSR count). The predicted molar refractivity (Wildman–Crippen MR) is 90.7 cm³/mol. The van der Waals surface area contributed by atoms with E-state index < -0.39 is 0 Å². The molecule has 0 atom stereocenters. The van der Waals surface area contributed by atoms with Crippen LogP contribution in [0.2, 0.25) is 0 Å². The van der Waals surface area contributed by atoms with E-state index in [1.807, 2.05) is 24.8 Å². The van der Waals surface area contributed by atoms with Crippen LogP contribution in [-0.4, -0.2) is 32.1 Å². The first-order chi connectivity index (χ1) is 11.5. The third-order valence-electron chi connectivity index (χ3n) is 4.42. The Morgan fingerprint density at radius 1 is 1.42 bits per heavy atom. The van der Waals surface area contributed by atoms with Crippen molar-refractivity contribution in [2.75, 3.05) is 6.54 Å². The molecule has 6 heteroatoms. The zero-order valence-electron chi connectivity index (χ0n) is 15.0. The molecule has 0 aromatic carbocycles. The predicted octanol–water partition coefficient (Wildman–Crippen LogP) is 2.99. The van der Waals surface area contributed by atoms with Crippen LogP contribution < -0.4 is 0 Å². The third-order valence-corrected chi connectivity index (χ3v) is 4.42. The molecule has 0 saturated carbocycles. The van der Waals surface area contributed by atoms with Crippen LogP contribution in [0.4, 0.5) is 0 Å². The highest BCUT2D eigenvalue weighted by atomic mass is 16.4. The second-order valence-corrected chi connectivity index (χ2v) is 6.87. The van der Waals surface area contributed by atoms with Gasteiger partial charge < -0.3 is 9.32 Å². The summed E-state index contributed by atoms with van der Waals surface area (Å²) in [4.78, 5) is 19.3. The number of fused-ring (bicyclic) bond motifs is 1. The number of hydrogen-bond acceptors (Lipinski definition) is 4. The molecule has 2 aromatic heterocycles. The monoisotopic (exact) mass is 330 g/mol. The lowest BCUT2D eigenvalue weighted by Gasteiger charge is -2.25. The molecule has 1 aliphatic heterocycles. The van der Waals surface area contributed by atoms with Crippen molar-refractivity contribution in [3.05, 3.63) is 34.8 Å². The van der Waals surface area contributed by atoms with Gasteiger partial charge in [-0.1, -0.05) is 13.8 Å². The van der Waals surface area contributed by atoms with Crippen LogP contribution in [0, 0.1) is 12.8 Å². The van der Waals surface area contributed by atoms with Crippen LogP contribution in [0.3, 0.4) is 0 Å². The fourth-order valence-electron chi connectivity index (χ4n) is 3.07. The smallest absolute Gasteiger partial charge is 0.272 e. The van der Waals surface area contributed by atoms with Gasteiger partial charge in [0.05, 0.1) is 12.2 Å². The van der Waals surface area contributed by atoms with Crippen molar-refractivity contribution in [1.82, 2.24) is 19.7 Å². The molecule has 0 unspecified atom stereocenters. The maximum absolute atomic E-state index is 12.8. The van der Waals surface area contributed by atoms with E-state index in [9.17, 15) is 4.79 Å². The zero-order valence-corrected chi connectivity index (χ0v) is 15.0. The lowest BCUT2D eigenvalue weighted by atomic mass is 10.1. The summed E-state index contributed by atoms with van der Waals surface area (Å²) in [6, 6.07) is 1.86. The van der Waals surface area contributed by atoms with Gasteiger partial charge in [0.2, 0.25) is 0 Å². The minimum absolute atomic E-state index is 0.0230. The van der Waals surface area contributed by atoms with E-state index in [2.05, 4.69) is 23.9 Å². The van der Waals surface area contributed by atoms with Gasteiger partial charge in [0, 0.05) is 25.9 Å². The largest absolute Gasteiger partial charge is 0.445 e. The Balaban J connectivity index is 1.73. The minimum atomic E-state index is 0.0230. The van der Waals surface area contributed by atoms with Gasteiger partial charge in [-0.05, 0) is 32.3 Å². The number of aryl methyl sites for hydroxylation is 3. The summed E-state index contributed by atoms with van der Waals surface area (Å²) >= 11 is 0. The molecule has 1 aliphatic rings. The van der Waals surface area contributed by atoms with Crippen LogP contribution in [0.1, 0.15) is 60.7 Å². The summed E-state index contributed by atoms with van der Waals surface area (Å²) in [5, 5.41) is 4.37. The second kappa shape index (κ2) is 6.79. The maximum Gasteiger partial charge on any atom is 0.272 e. The quantitative estimate of drug-likeness (QED) is 0.845. The Bertz CT molecular complexity index is 729. The Kier molecular flexibility index (Phi) is 4.73. The first-order valence-corrected chi connectivity index (χ1v) is 8.79. The van der Waals surface area contributed by atoms with E-state index in [-0.39, 0.29) is 5.91 Å². The number of carbonyl (C=O) groups excluding carboxylic acids is 1. The Morgan fingerprint density at radius 2 is 2.21 bits per heavy atom. The number of carbonyl (C=O) groups is 1. The molecule has 24 heavy (non-hydrogen) atoms. The number of aromatic nitrogens is 3. The molecule has 2 aromatic rings. The molecule has 1 amide bonds. The highest BCUT2D eigenvalue weighted by Crippen LogP contribution is 2.22. The van der Waals surface area contributed by atoms with E-state index in [1.165, 1.54) is 0 Å². The molecule has 0 radical (unpaired) electrons. The van der Waals surface area contributed by atoms with Crippen LogP contribution in [-0.2, 0) is 25.9 Å². The zero-order chi connectivity index (χ0) is 17.3. The molecule has 0 bridgehead atoms. The molecule has 0 saturated heterocycles. The molecular weight excluding hydrogens is 304 g/mol. The molecule has 3 heterocycles. The van der Waals surface area contributed by atoms with E-state index in [4.69, 9.17) is 4.42 Å². The van der Waals surface area contributed by atoms with Crippen molar-refractivity contribution < 1.29 is 9.21 Å². The maximum atomic E-state index is 12.8. The average molecular weight is 330 g/mol. The van der Waals surface area contributed by atoms with Crippen LogP contribution in [0.25, 0.3) is 0 Å². The fraction of sp³-hybridized carbons (Fsp3) is 0.611. The number of hydrogen-bond donors (Lipinski definition) is 0. The van der Waals surface area contributed by atoms with Crippen molar-refractivity contribution in [2.24, 2.45) is 5.92 Å². The number of rotatable bonds is 5. The van der Waals surface area contributed by atoms with E-state index in [1.54, 1.807) is 4.68 Å². The summed E-state index contributed by atoms with van der Waals surface area (Å²) in [6.45, 7) is 10.2. The molecule has 0 spiro atoms. The molecule has 0 N–H and O–H groups in total. The average Bonchev–Trinajstić information content (AvgIpc) is 3.13. The van der Waals surface area contributed by atoms with Crippen molar-refractivity contribution in [1.29, 1.82) is 0 Å².